The van der Waals surface area contributed by atoms with Gasteiger partial charge in [-0.15, -0.1) is 0 Å². The lowest BCUT2D eigenvalue weighted by Gasteiger charge is -2.23. The molecule has 2 fully saturated rings. The van der Waals surface area contributed by atoms with E-state index < -0.39 is 0 Å². The first-order valence-electron chi connectivity index (χ1n) is 4.67. The molecule has 0 spiro atoms. The van der Waals surface area contributed by atoms with Gasteiger partial charge in [0.1, 0.15) is 4.87 Å². The highest BCUT2D eigenvalue weighted by Crippen LogP contribution is 2.62. The van der Waals surface area contributed by atoms with Crippen LogP contribution >= 0.6 is 11.8 Å². The molecule has 2 N–H and O–H groups in total. The van der Waals surface area contributed by atoms with E-state index in [1.807, 2.05) is 0 Å². The van der Waals surface area contributed by atoms with E-state index in [2.05, 4.69) is 10.2 Å². The van der Waals surface area contributed by atoms with Crippen LogP contribution in [0.25, 0.3) is 0 Å². The molecule has 1 heterocycles. The van der Waals surface area contributed by atoms with Crippen molar-refractivity contribution in [3.8, 4) is 0 Å². The highest BCUT2D eigenvalue weighted by molar-refractivity contribution is 8.01. The van der Waals surface area contributed by atoms with Crippen molar-refractivity contribution >= 4 is 11.8 Å². The van der Waals surface area contributed by atoms with Crippen LogP contribution in [-0.2, 0) is 0 Å². The van der Waals surface area contributed by atoms with E-state index in [0.29, 0.717) is 0 Å². The molecule has 3 aliphatic rings. The fraction of sp³-hybridized carbons (Fsp3) is 1.00. The van der Waals surface area contributed by atoms with Gasteiger partial charge in [0.25, 0.3) is 0 Å². The van der Waals surface area contributed by atoms with Gasteiger partial charge in [0.15, 0.2) is 5.50 Å². The molecule has 1 aliphatic heterocycles. The zero-order valence-electron chi connectivity index (χ0n) is 6.94. The molecule has 0 saturated heterocycles. The summed E-state index contributed by atoms with van der Waals surface area (Å²) in [4.78, 5) is 0.138. The minimum Gasteiger partial charge on any atom is -0.300 e. The van der Waals surface area contributed by atoms with Gasteiger partial charge in [-0.3, -0.25) is 5.73 Å². The summed E-state index contributed by atoms with van der Waals surface area (Å²) in [5.74, 6) is 1.60. The van der Waals surface area contributed by atoms with Crippen LogP contribution in [0.5, 0.6) is 0 Å². The van der Waals surface area contributed by atoms with Crippen LogP contribution in [0.2, 0.25) is 0 Å². The number of thioether (sulfide) groups is 1. The topological polar surface area (TPSA) is 50.7 Å². The zero-order valence-corrected chi connectivity index (χ0v) is 7.76. The minimum absolute atomic E-state index is 0.0776. The highest BCUT2D eigenvalue weighted by Gasteiger charge is 2.58. The molecular formula is C8H13N3S. The average molecular weight is 183 g/mol. The molecule has 0 bridgehead atoms. The Morgan fingerprint density at radius 2 is 1.75 bits per heavy atom. The number of nitrogens with zero attached hydrogens (tertiary/aromatic N) is 2. The van der Waals surface area contributed by atoms with E-state index in [9.17, 15) is 0 Å². The summed E-state index contributed by atoms with van der Waals surface area (Å²) >= 11 is 1.80. The van der Waals surface area contributed by atoms with Gasteiger partial charge in [0.2, 0.25) is 0 Å². The van der Waals surface area contributed by atoms with Gasteiger partial charge in [-0.2, -0.15) is 10.2 Å². The van der Waals surface area contributed by atoms with Crippen molar-refractivity contribution in [1.82, 2.24) is 0 Å². The van der Waals surface area contributed by atoms with E-state index in [4.69, 9.17) is 5.73 Å². The summed E-state index contributed by atoms with van der Waals surface area (Å²) in [6, 6.07) is 0. The van der Waals surface area contributed by atoms with Gasteiger partial charge in [0, 0.05) is 0 Å². The second-order valence-corrected chi connectivity index (χ2v) is 5.40. The van der Waals surface area contributed by atoms with Crippen LogP contribution in [0, 0.1) is 11.8 Å². The van der Waals surface area contributed by atoms with Gasteiger partial charge >= 0.3 is 0 Å². The van der Waals surface area contributed by atoms with Crippen molar-refractivity contribution in [1.29, 1.82) is 0 Å². The van der Waals surface area contributed by atoms with E-state index in [1.165, 1.54) is 25.7 Å². The molecule has 0 aromatic heterocycles. The van der Waals surface area contributed by atoms with Crippen LogP contribution in [0.4, 0.5) is 0 Å². The fourth-order valence-corrected chi connectivity index (χ4v) is 3.50. The standard InChI is InChI=1S/C8H13N3S/c9-7-10-11-8(12-7,5-1-2-5)6-3-4-6/h5-7H,1-4,9H2. The van der Waals surface area contributed by atoms with Gasteiger partial charge in [-0.1, -0.05) is 11.8 Å². The summed E-state index contributed by atoms with van der Waals surface area (Å²) in [5.41, 5.74) is 5.67. The smallest absolute Gasteiger partial charge is 0.167 e. The Hall–Kier alpha value is -0.0900. The maximum absolute atomic E-state index is 5.74. The third-order valence-corrected chi connectivity index (χ3v) is 4.42. The number of azo groups is 1. The third kappa shape index (κ3) is 0.941. The molecule has 12 heavy (non-hydrogen) atoms. The van der Waals surface area contributed by atoms with Gasteiger partial charge in [-0.25, -0.2) is 0 Å². The number of hydrogen-bond acceptors (Lipinski definition) is 4. The molecule has 3 rings (SSSR count). The Kier molecular flexibility index (Phi) is 1.36. The molecule has 1 unspecified atom stereocenters. The second kappa shape index (κ2) is 2.23. The SMILES string of the molecule is NC1N=NC(C2CC2)(C2CC2)S1. The Morgan fingerprint density at radius 3 is 2.08 bits per heavy atom. The predicted molar refractivity (Wildman–Crippen MR) is 48.6 cm³/mol. The van der Waals surface area contributed by atoms with Crippen LogP contribution in [0.1, 0.15) is 25.7 Å². The van der Waals surface area contributed by atoms with Crippen LogP contribution < -0.4 is 5.73 Å². The highest BCUT2D eigenvalue weighted by atomic mass is 32.2. The van der Waals surface area contributed by atoms with Crippen LogP contribution in [0.3, 0.4) is 0 Å². The molecule has 0 radical (unpaired) electrons. The number of nitrogens with two attached hydrogens (primary N) is 1. The molecule has 0 aromatic carbocycles. The van der Waals surface area contributed by atoms with Gasteiger partial charge in [-0.05, 0) is 37.5 Å². The largest absolute Gasteiger partial charge is 0.300 e. The third-order valence-electron chi connectivity index (χ3n) is 2.96. The fourth-order valence-electron chi connectivity index (χ4n) is 2.07. The molecule has 66 valence electrons. The lowest BCUT2D eigenvalue weighted by molar-refractivity contribution is 0.469. The Morgan fingerprint density at radius 1 is 1.17 bits per heavy atom. The summed E-state index contributed by atoms with van der Waals surface area (Å²) in [6.07, 6.45) is 5.37. The summed E-state index contributed by atoms with van der Waals surface area (Å²) in [7, 11) is 0. The lowest BCUT2D eigenvalue weighted by atomic mass is 10.1. The molecular weight excluding hydrogens is 170 g/mol. The van der Waals surface area contributed by atoms with E-state index in [0.717, 1.165) is 11.8 Å². The first-order chi connectivity index (χ1) is 5.81. The minimum atomic E-state index is -0.0776. The molecule has 3 nitrogen and oxygen atoms in total. The number of hydrogen-bond donors (Lipinski definition) is 1. The quantitative estimate of drug-likeness (QED) is 0.711. The Bertz CT molecular complexity index is 220. The van der Waals surface area contributed by atoms with E-state index in [1.54, 1.807) is 11.8 Å². The lowest BCUT2D eigenvalue weighted by Crippen LogP contribution is -2.27. The predicted octanol–water partition coefficient (Wildman–Crippen LogP) is 1.94. The number of rotatable bonds is 2. The molecule has 4 heteroatoms. The zero-order chi connectivity index (χ0) is 8.18. The van der Waals surface area contributed by atoms with Crippen molar-refractivity contribution in [2.75, 3.05) is 0 Å². The van der Waals surface area contributed by atoms with E-state index >= 15 is 0 Å². The first-order valence-corrected chi connectivity index (χ1v) is 5.54. The first kappa shape index (κ1) is 7.33. The molecule has 0 aromatic rings. The molecule has 2 saturated carbocycles. The Labute approximate surface area is 76.2 Å². The molecule has 2 aliphatic carbocycles. The van der Waals surface area contributed by atoms with Crippen LogP contribution in [-0.4, -0.2) is 10.4 Å². The normalized spacial score (nSPS) is 38.9. The van der Waals surface area contributed by atoms with Crippen molar-refractivity contribution in [3.63, 3.8) is 0 Å². The average Bonchev–Trinajstić information content (AvgIpc) is 2.92. The molecule has 0 amide bonds. The monoisotopic (exact) mass is 183 g/mol. The maximum Gasteiger partial charge on any atom is 0.167 e. The second-order valence-electron chi connectivity index (χ2n) is 4.02. The summed E-state index contributed by atoms with van der Waals surface area (Å²) < 4.78 is 0. The van der Waals surface area contributed by atoms with Crippen molar-refractivity contribution in [2.45, 2.75) is 36.1 Å². The van der Waals surface area contributed by atoms with E-state index in [-0.39, 0.29) is 10.4 Å². The summed E-state index contributed by atoms with van der Waals surface area (Å²) in [6.45, 7) is 0. The van der Waals surface area contributed by atoms with Crippen molar-refractivity contribution in [2.24, 2.45) is 27.8 Å². The maximum atomic E-state index is 5.74. The van der Waals surface area contributed by atoms with Crippen LogP contribution in [0.15, 0.2) is 10.2 Å². The van der Waals surface area contributed by atoms with Crippen molar-refractivity contribution in [3.05, 3.63) is 0 Å². The van der Waals surface area contributed by atoms with Crippen molar-refractivity contribution < 1.29 is 0 Å². The summed E-state index contributed by atoms with van der Waals surface area (Å²) in [5, 5.41) is 8.51. The van der Waals surface area contributed by atoms with Gasteiger partial charge < -0.3 is 0 Å². The molecule has 1 atom stereocenters. The van der Waals surface area contributed by atoms with Gasteiger partial charge in [0.05, 0.1) is 0 Å². The Balaban J connectivity index is 1.87.